The number of amides is 7. The molecule has 0 atom stereocenters. The third-order valence-corrected chi connectivity index (χ3v) is 4.98. The molecular weight excluding hydrogens is 810 g/mol. The number of aliphatic hydroxyl groups excluding tert-OH is 1. The Labute approximate surface area is 348 Å². The molecule has 350 valence electrons. The Morgan fingerprint density at radius 1 is 0.492 bits per heavy atom. The summed E-state index contributed by atoms with van der Waals surface area (Å²) >= 11 is 0. The Hall–Kier alpha value is -4.34. The fraction of sp³-hybridized carbons (Fsp3) is 0.735. The standard InChI is InChI=1S/C14H25N3O6.C13H25N3O6.C4H9NO2.CH4O3S.2CH4/c1-4-13(20)17-7-10-23-14(21-8-5-15-11(2)18)22-9-6-16-12(3)19;1-10(17)14-4-7-20-13(21-8-5-15-11(2)18)22-9-6-16-12(3)19;1-4(7)5-2-3-6;1-5(2,3)4;;/h4,14H,1,5-10H2,2-3H3,(H,15,18)(H,16,19)(H,17,20);13H,4-9H2,1-3H3,(H,14,17)(H,15,18)(H,16,19);6H,2-3H2,1H3,(H,5,7);1H3,(H,2,3,4);2*1H4. The van der Waals surface area contributed by atoms with E-state index >= 15 is 0 Å². The van der Waals surface area contributed by atoms with Crippen molar-refractivity contribution in [2.24, 2.45) is 0 Å². The van der Waals surface area contributed by atoms with E-state index in [4.69, 9.17) is 38.1 Å². The van der Waals surface area contributed by atoms with Crippen LogP contribution in [-0.2, 0) is 72.1 Å². The molecule has 7 amide bonds. The van der Waals surface area contributed by atoms with Crippen LogP contribution >= 0.6 is 0 Å². The van der Waals surface area contributed by atoms with Crippen LogP contribution in [0.3, 0.4) is 0 Å². The number of carbonyl (C=O) groups excluding carboxylic acids is 7. The molecule has 0 spiro atoms. The summed E-state index contributed by atoms with van der Waals surface area (Å²) in [5.74, 6) is -1.19. The second kappa shape index (κ2) is 46.4. The van der Waals surface area contributed by atoms with E-state index in [0.29, 0.717) is 45.5 Å². The molecule has 0 rings (SSSR count). The molecule has 0 saturated heterocycles. The van der Waals surface area contributed by atoms with Gasteiger partial charge in [-0.25, -0.2) is 0 Å². The highest BCUT2D eigenvalue weighted by molar-refractivity contribution is 7.85. The smallest absolute Gasteiger partial charge is 0.271 e. The maximum atomic E-state index is 11.0. The molecular formula is C34H71N7O17S. The SMILES string of the molecule is C.C.C=CC(=O)NCCOC(OCCNC(C)=O)OCCNC(C)=O.CC(=O)NCCO.CC(=O)NCCOC(OCCNC(C)=O)OCCNC(C)=O.CS(=O)(=O)O. The van der Waals surface area contributed by atoms with Gasteiger partial charge in [-0.3, -0.25) is 38.1 Å². The van der Waals surface area contributed by atoms with Crippen molar-refractivity contribution in [1.82, 2.24) is 37.2 Å². The van der Waals surface area contributed by atoms with E-state index in [9.17, 15) is 42.0 Å². The van der Waals surface area contributed by atoms with Gasteiger partial charge in [-0.1, -0.05) is 21.4 Å². The molecule has 0 aromatic rings. The molecule has 0 aromatic heterocycles. The van der Waals surface area contributed by atoms with Crippen molar-refractivity contribution >= 4 is 51.5 Å². The van der Waals surface area contributed by atoms with Gasteiger partial charge < -0.3 is 70.7 Å². The van der Waals surface area contributed by atoms with Crippen molar-refractivity contribution in [3.8, 4) is 0 Å². The number of aliphatic hydroxyl groups is 1. The molecule has 0 heterocycles. The molecule has 0 aliphatic rings. The maximum absolute atomic E-state index is 11.0. The van der Waals surface area contributed by atoms with Crippen molar-refractivity contribution < 1.29 is 80.1 Å². The monoisotopic (exact) mass is 881 g/mol. The Balaban J connectivity index is -0.000000181. The Morgan fingerprint density at radius 3 is 0.831 bits per heavy atom. The molecule has 9 N–H and O–H groups in total. The number of nitrogens with one attached hydrogen (secondary N) is 7. The Kier molecular flexibility index (Phi) is 52.2. The molecule has 59 heavy (non-hydrogen) atoms. The van der Waals surface area contributed by atoms with Crippen LogP contribution in [0.5, 0.6) is 0 Å². The number of carbonyl (C=O) groups is 7. The van der Waals surface area contributed by atoms with Gasteiger partial charge in [-0.2, -0.15) is 8.42 Å². The Bertz CT molecular complexity index is 1160. The summed E-state index contributed by atoms with van der Waals surface area (Å²) in [6, 6.07) is 0. The van der Waals surface area contributed by atoms with Crippen LogP contribution in [0.1, 0.15) is 56.4 Å². The molecule has 0 bridgehead atoms. The van der Waals surface area contributed by atoms with Crippen LogP contribution in [0.25, 0.3) is 0 Å². The molecule has 25 heteroatoms. The molecule has 0 aliphatic heterocycles. The van der Waals surface area contributed by atoms with Gasteiger partial charge in [0.15, 0.2) is 0 Å². The minimum absolute atomic E-state index is 0. The van der Waals surface area contributed by atoms with Crippen LogP contribution < -0.4 is 37.2 Å². The lowest BCUT2D eigenvalue weighted by molar-refractivity contribution is -0.286. The lowest BCUT2D eigenvalue weighted by Crippen LogP contribution is -2.33. The lowest BCUT2D eigenvalue weighted by Gasteiger charge is -2.19. The number of hydrogen-bond donors (Lipinski definition) is 9. The quantitative estimate of drug-likeness (QED) is 0.0178. The van der Waals surface area contributed by atoms with Gasteiger partial charge in [0.25, 0.3) is 23.1 Å². The van der Waals surface area contributed by atoms with E-state index in [1.165, 1.54) is 41.5 Å². The molecule has 0 aromatic carbocycles. The predicted molar refractivity (Wildman–Crippen MR) is 217 cm³/mol. The molecule has 0 fully saturated rings. The topological polar surface area (TPSA) is 334 Å². The highest BCUT2D eigenvalue weighted by Crippen LogP contribution is 1.98. The van der Waals surface area contributed by atoms with Crippen molar-refractivity contribution in [3.63, 3.8) is 0 Å². The maximum Gasteiger partial charge on any atom is 0.271 e. The van der Waals surface area contributed by atoms with E-state index < -0.39 is 23.1 Å². The van der Waals surface area contributed by atoms with Crippen LogP contribution in [0.15, 0.2) is 12.7 Å². The first-order valence-corrected chi connectivity index (χ1v) is 19.1. The van der Waals surface area contributed by atoms with Gasteiger partial charge in [0.1, 0.15) is 0 Å². The second-order valence-electron chi connectivity index (χ2n) is 10.7. The third-order valence-electron chi connectivity index (χ3n) is 4.98. The second-order valence-corrected chi connectivity index (χ2v) is 12.1. The molecule has 0 saturated carbocycles. The van der Waals surface area contributed by atoms with Gasteiger partial charge in [-0.15, -0.1) is 0 Å². The highest BCUT2D eigenvalue weighted by atomic mass is 32.2. The average Bonchev–Trinajstić information content (AvgIpc) is 3.09. The first-order valence-electron chi connectivity index (χ1n) is 17.2. The summed E-state index contributed by atoms with van der Waals surface area (Å²) in [5.41, 5.74) is 0. The Morgan fingerprint density at radius 2 is 0.678 bits per heavy atom. The highest BCUT2D eigenvalue weighted by Gasteiger charge is 2.11. The fourth-order valence-electron chi connectivity index (χ4n) is 2.83. The first-order chi connectivity index (χ1) is 26.6. The lowest BCUT2D eigenvalue weighted by atomic mass is 10.5. The zero-order valence-corrected chi connectivity index (χ0v) is 34.6. The summed E-state index contributed by atoms with van der Waals surface area (Å²) in [5, 5.41) is 25.9. The van der Waals surface area contributed by atoms with E-state index in [1.54, 1.807) is 0 Å². The van der Waals surface area contributed by atoms with Crippen LogP contribution in [0.2, 0.25) is 0 Å². The van der Waals surface area contributed by atoms with Crippen molar-refractivity contribution in [2.75, 3.05) is 98.3 Å². The number of rotatable bonds is 27. The largest absolute Gasteiger partial charge is 0.395 e. The number of hydrogen-bond acceptors (Lipinski definition) is 16. The number of ether oxygens (including phenoxy) is 6. The van der Waals surface area contributed by atoms with Gasteiger partial charge in [-0.05, 0) is 6.08 Å². The van der Waals surface area contributed by atoms with Crippen molar-refractivity contribution in [2.45, 2.75) is 69.3 Å². The summed E-state index contributed by atoms with van der Waals surface area (Å²) in [6.45, 7) is 13.3. The van der Waals surface area contributed by atoms with Gasteiger partial charge in [0.2, 0.25) is 41.4 Å². The minimum atomic E-state index is -3.67. The van der Waals surface area contributed by atoms with E-state index in [0.717, 1.165) is 6.08 Å². The molecule has 0 aliphatic carbocycles. The van der Waals surface area contributed by atoms with E-state index in [-0.39, 0.29) is 109 Å². The zero-order valence-electron chi connectivity index (χ0n) is 33.8. The molecule has 0 radical (unpaired) electrons. The van der Waals surface area contributed by atoms with Crippen LogP contribution in [0, 0.1) is 0 Å². The third kappa shape index (κ3) is 75.1. The van der Waals surface area contributed by atoms with Crippen molar-refractivity contribution in [1.29, 1.82) is 0 Å². The van der Waals surface area contributed by atoms with Gasteiger partial charge in [0.05, 0.1) is 52.5 Å². The predicted octanol–water partition coefficient (Wildman–Crippen LogP) is -2.49. The summed E-state index contributed by atoms with van der Waals surface area (Å²) in [4.78, 5) is 74.6. The van der Waals surface area contributed by atoms with Crippen molar-refractivity contribution in [3.05, 3.63) is 12.7 Å². The van der Waals surface area contributed by atoms with Gasteiger partial charge in [0, 0.05) is 87.4 Å². The van der Waals surface area contributed by atoms with E-state index in [2.05, 4.69) is 43.8 Å². The summed E-state index contributed by atoms with van der Waals surface area (Å²) < 4.78 is 57.8. The molecule has 24 nitrogen and oxygen atoms in total. The zero-order chi connectivity index (χ0) is 44.5. The van der Waals surface area contributed by atoms with Gasteiger partial charge >= 0.3 is 0 Å². The summed E-state index contributed by atoms with van der Waals surface area (Å²) in [7, 11) is -3.67. The van der Waals surface area contributed by atoms with Crippen LogP contribution in [0.4, 0.5) is 0 Å². The molecule has 0 unspecified atom stereocenters. The minimum Gasteiger partial charge on any atom is -0.395 e. The van der Waals surface area contributed by atoms with E-state index in [1.807, 2.05) is 0 Å². The van der Waals surface area contributed by atoms with Crippen LogP contribution in [-0.4, -0.2) is 171 Å². The average molecular weight is 882 g/mol. The fourth-order valence-corrected chi connectivity index (χ4v) is 2.83. The summed E-state index contributed by atoms with van der Waals surface area (Å²) in [6.07, 6.45) is 1.87. The first kappa shape index (κ1) is 66.5. The normalized spacial score (nSPS) is 9.81.